The Morgan fingerprint density at radius 3 is 2.46 bits per heavy atom. The van der Waals surface area contributed by atoms with Gasteiger partial charge < -0.3 is 15.1 Å². The van der Waals surface area contributed by atoms with E-state index in [4.69, 9.17) is 0 Å². The third-order valence-corrected chi connectivity index (χ3v) is 0.677. The number of rotatable bonds is 2. The van der Waals surface area contributed by atoms with Gasteiger partial charge in [-0.25, -0.2) is 9.59 Å². The minimum atomic E-state index is -0.803. The number of ether oxygens (including phenoxy) is 1. The maximum atomic E-state index is 10.4. The van der Waals surface area contributed by atoms with Crippen LogP contribution in [0.1, 0.15) is 6.92 Å². The molecule has 13 heavy (non-hydrogen) atoms. The van der Waals surface area contributed by atoms with Crippen LogP contribution in [-0.2, 0) is 14.4 Å². The Bertz CT molecular complexity index is 172. The molecule has 0 radical (unpaired) electrons. The Hall–Kier alpha value is -0.300. The van der Waals surface area contributed by atoms with Crippen LogP contribution in [0.3, 0.4) is 0 Å². The van der Waals surface area contributed by atoms with Gasteiger partial charge in [0.1, 0.15) is 0 Å². The van der Waals surface area contributed by atoms with Gasteiger partial charge in [-0.1, -0.05) is 6.58 Å². The fourth-order valence-corrected chi connectivity index (χ4v) is 0.294. The molecule has 0 unspecified atom stereocenters. The molecule has 0 aliphatic heterocycles. The topological polar surface area (TPSA) is 96.1 Å². The van der Waals surface area contributed by atoms with Crippen LogP contribution in [0.15, 0.2) is 12.7 Å². The Kier molecular flexibility index (Phi) is 16.6. The number of carbonyl (C=O) groups excluding carboxylic acids is 2. The summed E-state index contributed by atoms with van der Waals surface area (Å²) in [6, 6.07) is 0. The zero-order valence-corrected chi connectivity index (χ0v) is 6.62. The first-order chi connectivity index (χ1) is 5.20. The molecule has 0 aliphatic rings. The minimum absolute atomic E-state index is 0. The molecule has 0 aromatic heterocycles. The fraction of sp³-hybridized carbons (Fsp3) is 0.333. The summed E-state index contributed by atoms with van der Waals surface area (Å²) < 4.78 is 4.38. The van der Waals surface area contributed by atoms with Gasteiger partial charge in [-0.2, -0.15) is 0 Å². The first-order valence-corrected chi connectivity index (χ1v) is 2.96. The zero-order valence-electron chi connectivity index (χ0n) is 6.62. The summed E-state index contributed by atoms with van der Waals surface area (Å²) in [5, 5.41) is 0. The van der Waals surface area contributed by atoms with Gasteiger partial charge in [0.2, 0.25) is 0 Å². The molecule has 0 aromatic rings. The van der Waals surface area contributed by atoms with Crippen molar-refractivity contribution in [2.24, 2.45) is 0 Å². The zero-order chi connectivity index (χ0) is 8.69. The molecule has 0 fully saturated rings. The maximum absolute atomic E-state index is 10.4. The van der Waals surface area contributed by atoms with E-state index in [1.165, 1.54) is 0 Å². The number of hydroxylamine groups is 1. The van der Waals surface area contributed by atoms with E-state index in [2.05, 4.69) is 16.2 Å². The molecular weight excluding hydrogens is 206 g/mol. The van der Waals surface area contributed by atoms with Gasteiger partial charge in [0, 0.05) is 6.08 Å². The van der Waals surface area contributed by atoms with E-state index in [0.29, 0.717) is 0 Å². The summed E-state index contributed by atoms with van der Waals surface area (Å²) in [4.78, 5) is 24.9. The third-order valence-electron chi connectivity index (χ3n) is 0.677. The summed E-state index contributed by atoms with van der Waals surface area (Å²) in [6.45, 7) is 4.97. The number of carbonyl (C=O) groups is 2. The molecule has 1 amide bonds. The van der Waals surface area contributed by atoms with Crippen LogP contribution in [0, 0.1) is 0 Å². The van der Waals surface area contributed by atoms with Crippen LogP contribution in [0.5, 0.6) is 0 Å². The third kappa shape index (κ3) is 11.7. The van der Waals surface area contributed by atoms with Gasteiger partial charge in [0.25, 0.3) is 0 Å². The molecule has 0 bridgehead atoms. The first-order valence-electron chi connectivity index (χ1n) is 2.96. The van der Waals surface area contributed by atoms with Gasteiger partial charge in [0.05, 0.1) is 6.61 Å². The second-order valence-corrected chi connectivity index (χ2v) is 1.45. The number of hydrogen-bond donors (Lipinski definition) is 1. The molecule has 74 valence electrons. The van der Waals surface area contributed by atoms with E-state index >= 15 is 0 Å². The molecule has 6 nitrogen and oxygen atoms in total. The molecule has 3 N–H and O–H groups in total. The van der Waals surface area contributed by atoms with Crippen molar-refractivity contribution in [2.75, 3.05) is 6.61 Å². The molecule has 7 heteroatoms. The van der Waals surface area contributed by atoms with E-state index < -0.39 is 12.1 Å². The second kappa shape index (κ2) is 11.7. The van der Waals surface area contributed by atoms with Crippen molar-refractivity contribution in [1.82, 2.24) is 5.48 Å². The van der Waals surface area contributed by atoms with Crippen molar-refractivity contribution in [3.63, 3.8) is 0 Å². The van der Waals surface area contributed by atoms with Crippen LogP contribution < -0.4 is 5.48 Å². The summed E-state index contributed by atoms with van der Waals surface area (Å²) in [7, 11) is 0. The molecule has 0 heterocycles. The predicted molar refractivity (Wildman–Crippen MR) is 48.6 cm³/mol. The Balaban J connectivity index is -0.000000500. The van der Waals surface area contributed by atoms with Gasteiger partial charge in [-0.05, 0) is 6.92 Å². The van der Waals surface area contributed by atoms with E-state index in [9.17, 15) is 9.59 Å². The van der Waals surface area contributed by atoms with Crippen LogP contribution in [0.2, 0.25) is 0 Å². The van der Waals surface area contributed by atoms with Crippen LogP contribution in [0.25, 0.3) is 0 Å². The van der Waals surface area contributed by atoms with E-state index in [1.807, 2.05) is 0 Å². The van der Waals surface area contributed by atoms with Crippen molar-refractivity contribution in [3.05, 3.63) is 12.7 Å². The van der Waals surface area contributed by atoms with Crippen molar-refractivity contribution >= 4 is 49.8 Å². The summed E-state index contributed by atoms with van der Waals surface area (Å²) in [5.41, 5.74) is 1.75. The second-order valence-electron chi connectivity index (χ2n) is 1.45. The standard InChI is InChI=1S/C6H9NO4.Ca.H2O.2H/c1-3-5(8)11-7-6(9)10-4-2;;;;/h3H,1,4H2,2H3,(H,7,9);;1H2;;. The number of hydrogen-bond acceptors (Lipinski definition) is 4. The van der Waals surface area contributed by atoms with E-state index in [0.717, 1.165) is 6.08 Å². The monoisotopic (exact) mass is 219 g/mol. The molecular formula is C6H13CaNO5. The first kappa shape index (κ1) is 18.5. The molecule has 0 saturated heterocycles. The molecule has 0 aliphatic carbocycles. The molecule has 0 saturated carbocycles. The Morgan fingerprint density at radius 2 is 2.08 bits per heavy atom. The van der Waals surface area contributed by atoms with Crippen molar-refractivity contribution in [1.29, 1.82) is 0 Å². The molecule has 0 aromatic carbocycles. The van der Waals surface area contributed by atoms with Gasteiger partial charge in [-0.3, -0.25) is 0 Å². The van der Waals surface area contributed by atoms with Crippen molar-refractivity contribution in [2.45, 2.75) is 6.92 Å². The van der Waals surface area contributed by atoms with Crippen LogP contribution in [0.4, 0.5) is 4.79 Å². The van der Waals surface area contributed by atoms with Crippen molar-refractivity contribution in [3.8, 4) is 0 Å². The molecule has 0 spiro atoms. The van der Waals surface area contributed by atoms with Gasteiger partial charge >= 0.3 is 49.8 Å². The predicted octanol–water partition coefficient (Wildman–Crippen LogP) is -1.36. The number of nitrogens with one attached hydrogen (secondary N) is 1. The van der Waals surface area contributed by atoms with Gasteiger partial charge in [-0.15, -0.1) is 5.48 Å². The SMILES string of the molecule is C=CC(=O)ONC(=O)OCC.O.[CaH2]. The average Bonchev–Trinajstić information content (AvgIpc) is 2.01. The number of amides is 1. The van der Waals surface area contributed by atoms with E-state index in [-0.39, 0.29) is 49.8 Å². The quantitative estimate of drug-likeness (QED) is 0.352. The van der Waals surface area contributed by atoms with E-state index in [1.54, 1.807) is 12.4 Å². The van der Waals surface area contributed by atoms with Gasteiger partial charge in [0.15, 0.2) is 0 Å². The van der Waals surface area contributed by atoms with Crippen LogP contribution in [-0.4, -0.2) is 61.9 Å². The Labute approximate surface area is 106 Å². The molecule has 0 rings (SSSR count). The fourth-order valence-electron chi connectivity index (χ4n) is 0.294. The van der Waals surface area contributed by atoms with Crippen molar-refractivity contribution < 1.29 is 24.6 Å². The average molecular weight is 219 g/mol. The molecule has 0 atom stereocenters. The normalized spacial score (nSPS) is 6.85. The Morgan fingerprint density at radius 1 is 1.54 bits per heavy atom. The summed E-state index contributed by atoms with van der Waals surface area (Å²) in [6.07, 6.45) is 0.120. The van der Waals surface area contributed by atoms with Crippen LogP contribution >= 0.6 is 0 Å². The summed E-state index contributed by atoms with van der Waals surface area (Å²) >= 11 is 0. The summed E-state index contributed by atoms with van der Waals surface area (Å²) in [5.74, 6) is -0.738.